The molecule has 0 unspecified atom stereocenters. The van der Waals surface area contributed by atoms with Gasteiger partial charge in [0.15, 0.2) is 0 Å². The number of hydrogen-bond donors (Lipinski definition) is 1. The lowest BCUT2D eigenvalue weighted by molar-refractivity contribution is 0.0559. The number of nitrogens with zero attached hydrogens (tertiary/aromatic N) is 1. The Balaban J connectivity index is 1.90. The Hall–Kier alpha value is -1.33. The molecule has 1 N–H and O–H groups in total. The molecule has 0 radical (unpaired) electrons. The molecule has 2 heterocycles. The molecule has 1 aromatic rings. The van der Waals surface area contributed by atoms with E-state index in [1.807, 2.05) is 20.0 Å². The largest absolute Gasteiger partial charge is 0.463 e. The fourth-order valence-corrected chi connectivity index (χ4v) is 2.78. The average Bonchev–Trinajstić information content (AvgIpc) is 2.81. The van der Waals surface area contributed by atoms with Gasteiger partial charge < -0.3 is 14.5 Å². The molecule has 20 heavy (non-hydrogen) atoms. The highest BCUT2D eigenvalue weighted by Gasteiger charge is 2.21. The molecule has 0 aromatic carbocycles. The van der Waals surface area contributed by atoms with Crippen LogP contribution >= 0.6 is 0 Å². The number of nitrogens with one attached hydrogen (secondary N) is 1. The van der Waals surface area contributed by atoms with Crippen molar-refractivity contribution in [3.63, 3.8) is 0 Å². The molecule has 0 aliphatic carbocycles. The zero-order valence-electron chi connectivity index (χ0n) is 12.6. The van der Waals surface area contributed by atoms with Crippen LogP contribution in [-0.2, 0) is 11.3 Å². The zero-order valence-corrected chi connectivity index (χ0v) is 12.6. The maximum atomic E-state index is 11.5. The summed E-state index contributed by atoms with van der Waals surface area (Å²) in [6.45, 7) is 5.90. The molecule has 1 saturated heterocycles. The Morgan fingerprint density at radius 2 is 2.20 bits per heavy atom. The monoisotopic (exact) mass is 280 g/mol. The third kappa shape index (κ3) is 3.61. The Morgan fingerprint density at radius 3 is 2.80 bits per heavy atom. The smallest absolute Gasteiger partial charge is 0.374 e. The van der Waals surface area contributed by atoms with Crippen molar-refractivity contribution in [1.82, 2.24) is 10.2 Å². The predicted octanol–water partition coefficient (Wildman–Crippen LogP) is 1.81. The molecular weight excluding hydrogens is 256 g/mol. The van der Waals surface area contributed by atoms with Gasteiger partial charge in [-0.05, 0) is 58.4 Å². The summed E-state index contributed by atoms with van der Waals surface area (Å²) in [7, 11) is 3.38. The van der Waals surface area contributed by atoms with Gasteiger partial charge in [-0.2, -0.15) is 0 Å². The van der Waals surface area contributed by atoms with Crippen LogP contribution in [0.3, 0.4) is 0 Å². The molecule has 5 heteroatoms. The van der Waals surface area contributed by atoms with Crippen LogP contribution in [0.2, 0.25) is 0 Å². The minimum atomic E-state index is -0.401. The number of carbonyl (C=O) groups is 1. The maximum absolute atomic E-state index is 11.5. The van der Waals surface area contributed by atoms with Crippen molar-refractivity contribution in [3.05, 3.63) is 23.2 Å². The second kappa shape index (κ2) is 6.90. The van der Waals surface area contributed by atoms with Crippen LogP contribution in [0.5, 0.6) is 0 Å². The number of likely N-dealkylation sites (tertiary alicyclic amines) is 1. The van der Waals surface area contributed by atoms with Crippen molar-refractivity contribution in [2.24, 2.45) is 5.92 Å². The molecule has 112 valence electrons. The van der Waals surface area contributed by atoms with E-state index in [2.05, 4.69) is 10.2 Å². The first-order chi connectivity index (χ1) is 9.63. The molecule has 0 amide bonds. The Kier molecular flexibility index (Phi) is 5.20. The van der Waals surface area contributed by atoms with Crippen molar-refractivity contribution in [2.45, 2.75) is 26.3 Å². The van der Waals surface area contributed by atoms with Crippen molar-refractivity contribution in [3.8, 4) is 0 Å². The van der Waals surface area contributed by atoms with Crippen molar-refractivity contribution >= 4 is 5.97 Å². The van der Waals surface area contributed by atoms with Crippen molar-refractivity contribution in [1.29, 1.82) is 0 Å². The van der Waals surface area contributed by atoms with Gasteiger partial charge in [0.2, 0.25) is 5.76 Å². The minimum absolute atomic E-state index is 0.326. The van der Waals surface area contributed by atoms with Gasteiger partial charge in [0.25, 0.3) is 0 Å². The molecule has 0 atom stereocenters. The number of furan rings is 1. The molecule has 0 bridgehead atoms. The summed E-state index contributed by atoms with van der Waals surface area (Å²) in [5.41, 5.74) is 0.844. The lowest BCUT2D eigenvalue weighted by atomic mass is 9.97. The van der Waals surface area contributed by atoms with E-state index in [4.69, 9.17) is 9.15 Å². The second-order valence-corrected chi connectivity index (χ2v) is 5.49. The number of aryl methyl sites for hydroxylation is 1. The molecule has 1 fully saturated rings. The van der Waals surface area contributed by atoms with E-state index in [1.165, 1.54) is 20.0 Å². The van der Waals surface area contributed by atoms with Crippen molar-refractivity contribution in [2.75, 3.05) is 33.8 Å². The molecule has 0 saturated carbocycles. The van der Waals surface area contributed by atoms with Gasteiger partial charge in [-0.1, -0.05) is 0 Å². The van der Waals surface area contributed by atoms with Crippen LogP contribution in [-0.4, -0.2) is 44.7 Å². The van der Waals surface area contributed by atoms with E-state index in [0.29, 0.717) is 5.76 Å². The molecule has 0 spiro atoms. The Bertz CT molecular complexity index is 448. The highest BCUT2D eigenvalue weighted by molar-refractivity contribution is 5.87. The van der Waals surface area contributed by atoms with Crippen LogP contribution in [0.4, 0.5) is 0 Å². The van der Waals surface area contributed by atoms with Gasteiger partial charge in [-0.25, -0.2) is 4.79 Å². The van der Waals surface area contributed by atoms with Gasteiger partial charge in [-0.3, -0.25) is 4.90 Å². The first kappa shape index (κ1) is 15.1. The van der Waals surface area contributed by atoms with Gasteiger partial charge in [0, 0.05) is 5.56 Å². The second-order valence-electron chi connectivity index (χ2n) is 5.49. The summed E-state index contributed by atoms with van der Waals surface area (Å²) < 4.78 is 10.3. The number of piperidine rings is 1. The van der Waals surface area contributed by atoms with E-state index in [0.717, 1.165) is 43.4 Å². The molecular formula is C15H24N2O3. The fraction of sp³-hybridized carbons (Fsp3) is 0.667. The van der Waals surface area contributed by atoms with Crippen LogP contribution in [0, 0.1) is 12.8 Å². The van der Waals surface area contributed by atoms with E-state index < -0.39 is 5.97 Å². The number of esters is 1. The number of hydrogen-bond acceptors (Lipinski definition) is 5. The summed E-state index contributed by atoms with van der Waals surface area (Å²) in [5, 5.41) is 3.24. The molecule has 1 aliphatic rings. The predicted molar refractivity (Wildman–Crippen MR) is 76.7 cm³/mol. The topological polar surface area (TPSA) is 54.7 Å². The van der Waals surface area contributed by atoms with E-state index in [1.54, 1.807) is 0 Å². The molecule has 1 aliphatic heterocycles. The van der Waals surface area contributed by atoms with E-state index in [9.17, 15) is 4.79 Å². The molecule has 5 nitrogen and oxygen atoms in total. The maximum Gasteiger partial charge on any atom is 0.374 e. The zero-order chi connectivity index (χ0) is 14.5. The van der Waals surface area contributed by atoms with Crippen LogP contribution in [0.15, 0.2) is 10.5 Å². The normalized spacial score (nSPS) is 17.4. The van der Waals surface area contributed by atoms with Crippen molar-refractivity contribution < 1.29 is 13.9 Å². The number of ether oxygens (including phenoxy) is 1. The first-order valence-corrected chi connectivity index (χ1v) is 7.18. The summed E-state index contributed by atoms with van der Waals surface area (Å²) in [4.78, 5) is 13.9. The highest BCUT2D eigenvalue weighted by atomic mass is 16.5. The van der Waals surface area contributed by atoms with Gasteiger partial charge in [0.1, 0.15) is 5.76 Å². The first-order valence-electron chi connectivity index (χ1n) is 7.18. The summed E-state index contributed by atoms with van der Waals surface area (Å²) in [6.07, 6.45) is 2.43. The van der Waals surface area contributed by atoms with Gasteiger partial charge >= 0.3 is 5.97 Å². The van der Waals surface area contributed by atoms with Gasteiger partial charge in [-0.15, -0.1) is 0 Å². The fourth-order valence-electron chi connectivity index (χ4n) is 2.78. The summed E-state index contributed by atoms with van der Waals surface area (Å²) in [5.74, 6) is 1.55. The number of rotatable bonds is 5. The van der Waals surface area contributed by atoms with Crippen LogP contribution < -0.4 is 5.32 Å². The molecule has 2 rings (SSSR count). The van der Waals surface area contributed by atoms with Crippen LogP contribution in [0.1, 0.15) is 34.7 Å². The Labute approximate surface area is 120 Å². The third-order valence-electron chi connectivity index (χ3n) is 3.92. The number of carbonyl (C=O) groups excluding carboxylic acids is 1. The van der Waals surface area contributed by atoms with Gasteiger partial charge in [0.05, 0.1) is 13.7 Å². The quantitative estimate of drug-likeness (QED) is 0.834. The van der Waals surface area contributed by atoms with Crippen LogP contribution in [0.25, 0.3) is 0 Å². The minimum Gasteiger partial charge on any atom is -0.463 e. The molecule has 1 aromatic heterocycles. The number of methoxy groups -OCH3 is 1. The lowest BCUT2D eigenvalue weighted by Gasteiger charge is -2.31. The summed E-state index contributed by atoms with van der Waals surface area (Å²) >= 11 is 0. The SMILES string of the molecule is CNCC1CCN(Cc2cc(C)c(C(=O)OC)o2)CC1. The highest BCUT2D eigenvalue weighted by Crippen LogP contribution is 2.21. The summed E-state index contributed by atoms with van der Waals surface area (Å²) in [6, 6.07) is 1.94. The van der Waals surface area contributed by atoms with E-state index >= 15 is 0 Å². The lowest BCUT2D eigenvalue weighted by Crippen LogP contribution is -2.36. The average molecular weight is 280 g/mol. The third-order valence-corrected chi connectivity index (χ3v) is 3.92. The standard InChI is InChI=1S/C15H24N2O3/c1-11-8-13(20-14(11)15(18)19-3)10-17-6-4-12(5-7-17)9-16-2/h8,12,16H,4-7,9-10H2,1-3H3. The van der Waals surface area contributed by atoms with E-state index in [-0.39, 0.29) is 0 Å². The Morgan fingerprint density at radius 1 is 1.50 bits per heavy atom.